The lowest BCUT2D eigenvalue weighted by atomic mass is 10.1. The molecule has 4 nitrogen and oxygen atoms in total. The second-order valence-corrected chi connectivity index (χ2v) is 4.87. The van der Waals surface area contributed by atoms with Crippen molar-refractivity contribution < 1.29 is 23.8 Å². The predicted molar refractivity (Wildman–Crippen MR) is 63.7 cm³/mol. The van der Waals surface area contributed by atoms with Gasteiger partial charge in [-0.3, -0.25) is 4.79 Å². The fraction of sp³-hybridized carbons (Fsp3) is 0.462. The average Bonchev–Trinajstić information content (AvgIpc) is 3.10. The lowest BCUT2D eigenvalue weighted by molar-refractivity contribution is 0.0638. The van der Waals surface area contributed by atoms with Crippen molar-refractivity contribution in [2.45, 2.75) is 18.9 Å². The van der Waals surface area contributed by atoms with Gasteiger partial charge in [0.25, 0.3) is 5.91 Å². The van der Waals surface area contributed by atoms with E-state index in [1.165, 1.54) is 7.05 Å². The van der Waals surface area contributed by atoms with Crippen LogP contribution in [0.2, 0.25) is 0 Å². The molecular formula is C13H15F2NO3. The van der Waals surface area contributed by atoms with Crippen LogP contribution in [0, 0.1) is 17.6 Å². The fourth-order valence-electron chi connectivity index (χ4n) is 1.96. The topological polar surface area (TPSA) is 60.8 Å². The van der Waals surface area contributed by atoms with Crippen molar-refractivity contribution in [1.29, 1.82) is 0 Å². The molecule has 0 saturated heterocycles. The zero-order valence-corrected chi connectivity index (χ0v) is 10.4. The first-order chi connectivity index (χ1) is 8.90. The maximum Gasteiger partial charge on any atom is 0.260 e. The number of hydrogen-bond acceptors (Lipinski definition) is 3. The van der Waals surface area contributed by atoms with Crippen LogP contribution in [0.1, 0.15) is 23.2 Å². The summed E-state index contributed by atoms with van der Waals surface area (Å²) in [5.74, 6) is -3.41. The molecule has 2 rings (SSSR count). The Labute approximate surface area is 109 Å². The number of amides is 1. The van der Waals surface area contributed by atoms with Gasteiger partial charge in [0, 0.05) is 25.7 Å². The molecule has 1 unspecified atom stereocenters. The molecule has 6 heteroatoms. The summed E-state index contributed by atoms with van der Waals surface area (Å²) in [5, 5.41) is 19.2. The summed E-state index contributed by atoms with van der Waals surface area (Å²) in [4.78, 5) is 13.1. The molecule has 0 spiro atoms. The quantitative estimate of drug-likeness (QED) is 0.872. The average molecular weight is 271 g/mol. The van der Waals surface area contributed by atoms with E-state index in [0.717, 1.165) is 17.7 Å². The first-order valence-electron chi connectivity index (χ1n) is 6.01. The third kappa shape index (κ3) is 3.01. The van der Waals surface area contributed by atoms with Gasteiger partial charge >= 0.3 is 0 Å². The number of nitrogens with zero attached hydrogens (tertiary/aromatic N) is 1. The molecule has 1 aliphatic rings. The van der Waals surface area contributed by atoms with E-state index in [4.69, 9.17) is 0 Å². The zero-order valence-electron chi connectivity index (χ0n) is 10.4. The number of halogens is 2. The number of aromatic hydroxyl groups is 1. The minimum atomic E-state index is -1.12. The molecule has 0 heterocycles. The van der Waals surface area contributed by atoms with Crippen molar-refractivity contribution in [1.82, 2.24) is 4.90 Å². The molecular weight excluding hydrogens is 256 g/mol. The monoisotopic (exact) mass is 271 g/mol. The second kappa shape index (κ2) is 5.13. The Balaban J connectivity index is 2.14. The lowest BCUT2D eigenvalue weighted by Gasteiger charge is -2.21. The van der Waals surface area contributed by atoms with Gasteiger partial charge in [0.1, 0.15) is 22.9 Å². The van der Waals surface area contributed by atoms with Crippen molar-refractivity contribution in [3.8, 4) is 5.75 Å². The number of hydrogen-bond donors (Lipinski definition) is 2. The molecule has 1 aromatic rings. The minimum Gasteiger partial charge on any atom is -0.507 e. The predicted octanol–water partition coefficient (Wildman–Crippen LogP) is 1.51. The van der Waals surface area contributed by atoms with E-state index in [-0.39, 0.29) is 12.5 Å². The third-order valence-electron chi connectivity index (χ3n) is 3.22. The summed E-state index contributed by atoms with van der Waals surface area (Å²) in [6, 6.07) is 1.22. The van der Waals surface area contributed by atoms with Crippen molar-refractivity contribution in [2.75, 3.05) is 13.6 Å². The number of aliphatic hydroxyl groups is 1. The number of aliphatic hydroxyl groups excluding tert-OH is 1. The molecule has 1 amide bonds. The van der Waals surface area contributed by atoms with Crippen LogP contribution in [0.4, 0.5) is 8.78 Å². The smallest absolute Gasteiger partial charge is 0.260 e. The van der Waals surface area contributed by atoms with Gasteiger partial charge in [0.05, 0.1) is 6.10 Å². The standard InChI is InChI=1S/C13H15F2NO3/c1-16(6-11(18)7-2-3-7)13(19)12-9(15)4-8(14)5-10(12)17/h4-5,7,11,17-18H,2-3,6H2,1H3. The summed E-state index contributed by atoms with van der Waals surface area (Å²) < 4.78 is 26.4. The molecule has 1 fully saturated rings. The van der Waals surface area contributed by atoms with Crippen LogP contribution in [0.5, 0.6) is 5.75 Å². The van der Waals surface area contributed by atoms with Crippen LogP contribution >= 0.6 is 0 Å². The highest BCUT2D eigenvalue weighted by atomic mass is 19.1. The Bertz CT molecular complexity index is 480. The molecule has 1 atom stereocenters. The summed E-state index contributed by atoms with van der Waals surface area (Å²) in [6.45, 7) is 0.0553. The maximum atomic E-state index is 13.5. The van der Waals surface area contributed by atoms with Gasteiger partial charge < -0.3 is 15.1 Å². The Morgan fingerprint density at radius 1 is 1.47 bits per heavy atom. The third-order valence-corrected chi connectivity index (χ3v) is 3.22. The molecule has 0 radical (unpaired) electrons. The first-order valence-corrected chi connectivity index (χ1v) is 6.01. The van der Waals surface area contributed by atoms with Gasteiger partial charge in [-0.05, 0) is 18.8 Å². The number of carbonyl (C=O) groups is 1. The van der Waals surface area contributed by atoms with Gasteiger partial charge in [-0.2, -0.15) is 0 Å². The van der Waals surface area contributed by atoms with Crippen LogP contribution in [0.25, 0.3) is 0 Å². The molecule has 1 aliphatic carbocycles. The van der Waals surface area contributed by atoms with Crippen molar-refractivity contribution in [3.05, 3.63) is 29.3 Å². The molecule has 0 bridgehead atoms. The van der Waals surface area contributed by atoms with E-state index in [1.54, 1.807) is 0 Å². The number of benzene rings is 1. The Morgan fingerprint density at radius 3 is 2.63 bits per heavy atom. The fourth-order valence-corrected chi connectivity index (χ4v) is 1.96. The van der Waals surface area contributed by atoms with Crippen LogP contribution in [0.3, 0.4) is 0 Å². The number of phenolic OH excluding ortho intramolecular Hbond substituents is 1. The normalized spacial score (nSPS) is 16.2. The molecule has 0 aliphatic heterocycles. The van der Waals surface area contributed by atoms with Crippen molar-refractivity contribution in [2.24, 2.45) is 5.92 Å². The van der Waals surface area contributed by atoms with E-state index in [1.807, 2.05) is 0 Å². The SMILES string of the molecule is CN(CC(O)C1CC1)C(=O)c1c(O)cc(F)cc1F. The molecule has 19 heavy (non-hydrogen) atoms. The molecule has 1 aromatic carbocycles. The van der Waals surface area contributed by atoms with Gasteiger partial charge in [-0.25, -0.2) is 8.78 Å². The van der Waals surface area contributed by atoms with Gasteiger partial charge in [0.15, 0.2) is 0 Å². The summed E-state index contributed by atoms with van der Waals surface area (Å²) in [5.41, 5.74) is -0.577. The molecule has 104 valence electrons. The van der Waals surface area contributed by atoms with Gasteiger partial charge in [-0.15, -0.1) is 0 Å². The van der Waals surface area contributed by atoms with Gasteiger partial charge in [-0.1, -0.05) is 0 Å². The van der Waals surface area contributed by atoms with E-state index >= 15 is 0 Å². The largest absolute Gasteiger partial charge is 0.507 e. The minimum absolute atomic E-state index is 0.0553. The van der Waals surface area contributed by atoms with Crippen LogP contribution in [0.15, 0.2) is 12.1 Å². The number of likely N-dealkylation sites (N-methyl/N-ethyl adjacent to an activating group) is 1. The van der Waals surface area contributed by atoms with Crippen molar-refractivity contribution in [3.63, 3.8) is 0 Å². The van der Waals surface area contributed by atoms with Crippen molar-refractivity contribution >= 4 is 5.91 Å². The summed E-state index contributed by atoms with van der Waals surface area (Å²) >= 11 is 0. The Hall–Kier alpha value is -1.69. The number of rotatable bonds is 4. The first kappa shape index (κ1) is 13.7. The van der Waals surface area contributed by atoms with E-state index < -0.39 is 35.0 Å². The van der Waals surface area contributed by atoms with E-state index in [9.17, 15) is 23.8 Å². The molecule has 2 N–H and O–H groups in total. The second-order valence-electron chi connectivity index (χ2n) is 4.87. The van der Waals surface area contributed by atoms with Crippen LogP contribution in [-0.4, -0.2) is 40.7 Å². The Kier molecular flexibility index (Phi) is 3.71. The summed E-state index contributed by atoms with van der Waals surface area (Å²) in [7, 11) is 1.40. The highest BCUT2D eigenvalue weighted by Gasteiger charge is 2.32. The summed E-state index contributed by atoms with van der Waals surface area (Å²) in [6.07, 6.45) is 1.18. The zero-order chi connectivity index (χ0) is 14.2. The maximum absolute atomic E-state index is 13.5. The highest BCUT2D eigenvalue weighted by molar-refractivity contribution is 5.97. The van der Waals surface area contributed by atoms with Crippen LogP contribution < -0.4 is 0 Å². The highest BCUT2D eigenvalue weighted by Crippen LogP contribution is 2.33. The van der Waals surface area contributed by atoms with E-state index in [2.05, 4.69) is 0 Å². The van der Waals surface area contributed by atoms with Crippen LogP contribution in [-0.2, 0) is 0 Å². The van der Waals surface area contributed by atoms with E-state index in [0.29, 0.717) is 12.1 Å². The molecule has 1 saturated carbocycles. The number of phenols is 1. The van der Waals surface area contributed by atoms with Gasteiger partial charge in [0.2, 0.25) is 0 Å². The lowest BCUT2D eigenvalue weighted by Crippen LogP contribution is -2.35. The number of carbonyl (C=O) groups excluding carboxylic acids is 1. The molecule has 0 aromatic heterocycles. The Morgan fingerprint density at radius 2 is 2.11 bits per heavy atom.